The van der Waals surface area contributed by atoms with Crippen LogP contribution in [0.1, 0.15) is 44.2 Å². The van der Waals surface area contributed by atoms with E-state index in [1.54, 1.807) is 20.8 Å². The Morgan fingerprint density at radius 2 is 1.59 bits per heavy atom. The lowest BCUT2D eigenvalue weighted by atomic mass is 9.61. The van der Waals surface area contributed by atoms with Crippen LogP contribution in [0.5, 0.6) is 0 Å². The highest BCUT2D eigenvalue weighted by Crippen LogP contribution is 2.47. The molecule has 6 nitrogen and oxygen atoms in total. The third-order valence-electron chi connectivity index (χ3n) is 5.86. The molecule has 0 unspecified atom stereocenters. The molecular weight excluding hydrogens is 406 g/mol. The van der Waals surface area contributed by atoms with Crippen molar-refractivity contribution in [2.75, 3.05) is 13.2 Å². The molecule has 1 fully saturated rings. The summed E-state index contributed by atoms with van der Waals surface area (Å²) >= 11 is 0. The quantitative estimate of drug-likeness (QED) is 0.679. The highest BCUT2D eigenvalue weighted by molar-refractivity contribution is 6.06. The number of aliphatic imine (C=N–C) groups is 1. The summed E-state index contributed by atoms with van der Waals surface area (Å²) in [6.07, 6.45) is 0.0527. The van der Waals surface area contributed by atoms with E-state index >= 15 is 0 Å². The first kappa shape index (κ1) is 23.7. The van der Waals surface area contributed by atoms with E-state index in [4.69, 9.17) is 14.5 Å². The van der Waals surface area contributed by atoms with Gasteiger partial charge in [-0.15, -0.1) is 0 Å². The Morgan fingerprint density at radius 1 is 1.00 bits per heavy atom. The van der Waals surface area contributed by atoms with Crippen molar-refractivity contribution < 1.29 is 24.2 Å². The van der Waals surface area contributed by atoms with Crippen LogP contribution in [-0.4, -0.2) is 41.6 Å². The zero-order chi connectivity index (χ0) is 23.3. The monoisotopic (exact) mass is 437 g/mol. The molecule has 2 aromatic rings. The summed E-state index contributed by atoms with van der Waals surface area (Å²) in [5, 5.41) is 11.5. The van der Waals surface area contributed by atoms with Gasteiger partial charge in [0.1, 0.15) is 5.92 Å². The summed E-state index contributed by atoms with van der Waals surface area (Å²) in [6, 6.07) is 16.9. The summed E-state index contributed by atoms with van der Waals surface area (Å²) in [5.41, 5.74) is 1.55. The molecule has 0 aliphatic heterocycles. The maximum absolute atomic E-state index is 13.2. The number of carbonyl (C=O) groups is 2. The van der Waals surface area contributed by atoms with Crippen molar-refractivity contribution >= 4 is 23.3 Å². The second kappa shape index (κ2) is 10.1. The molecule has 32 heavy (non-hydrogen) atoms. The van der Waals surface area contributed by atoms with Crippen molar-refractivity contribution in [3.63, 3.8) is 0 Å². The number of nitrogens with zero attached hydrogens (tertiary/aromatic N) is 1. The Balaban J connectivity index is 2.20. The topological polar surface area (TPSA) is 85.2 Å². The molecule has 0 bridgehead atoms. The summed E-state index contributed by atoms with van der Waals surface area (Å²) in [4.78, 5) is 31.0. The van der Waals surface area contributed by atoms with Crippen LogP contribution in [0, 0.1) is 18.8 Å². The fourth-order valence-corrected chi connectivity index (χ4v) is 4.47. The van der Waals surface area contributed by atoms with Gasteiger partial charge in [0.05, 0.1) is 30.4 Å². The fraction of sp³-hybridized carbons (Fsp3) is 0.423. The first-order valence-corrected chi connectivity index (χ1v) is 11.0. The van der Waals surface area contributed by atoms with E-state index in [2.05, 4.69) is 0 Å². The van der Waals surface area contributed by atoms with Gasteiger partial charge in [-0.2, -0.15) is 0 Å². The maximum Gasteiger partial charge on any atom is 0.315 e. The molecule has 4 atom stereocenters. The molecule has 0 saturated heterocycles. The number of esters is 2. The number of aryl methyl sites for hydroxylation is 1. The van der Waals surface area contributed by atoms with Gasteiger partial charge >= 0.3 is 11.9 Å². The second-order valence-corrected chi connectivity index (χ2v) is 8.37. The molecule has 2 aromatic carbocycles. The number of aliphatic hydroxyl groups is 1. The molecule has 0 amide bonds. The minimum Gasteiger partial charge on any atom is -0.466 e. The predicted octanol–water partition coefficient (Wildman–Crippen LogP) is 4.36. The summed E-state index contributed by atoms with van der Waals surface area (Å²) < 4.78 is 10.8. The van der Waals surface area contributed by atoms with Gasteiger partial charge < -0.3 is 14.6 Å². The largest absolute Gasteiger partial charge is 0.466 e. The molecule has 170 valence electrons. The van der Waals surface area contributed by atoms with Gasteiger partial charge in [-0.25, -0.2) is 0 Å². The second-order valence-electron chi connectivity index (χ2n) is 8.37. The van der Waals surface area contributed by atoms with E-state index in [9.17, 15) is 14.7 Å². The van der Waals surface area contributed by atoms with Gasteiger partial charge in [0.25, 0.3) is 0 Å². The number of hydrogen-bond acceptors (Lipinski definition) is 6. The summed E-state index contributed by atoms with van der Waals surface area (Å²) in [5.74, 6) is -3.45. The van der Waals surface area contributed by atoms with Gasteiger partial charge in [0.15, 0.2) is 0 Å². The lowest BCUT2D eigenvalue weighted by Crippen LogP contribution is -2.55. The van der Waals surface area contributed by atoms with Crippen LogP contribution in [0.3, 0.4) is 0 Å². The van der Waals surface area contributed by atoms with E-state index in [0.717, 1.165) is 11.1 Å². The zero-order valence-electron chi connectivity index (χ0n) is 19.1. The molecular formula is C26H31NO5. The smallest absolute Gasteiger partial charge is 0.315 e. The van der Waals surface area contributed by atoms with Crippen molar-refractivity contribution in [3.8, 4) is 0 Å². The van der Waals surface area contributed by atoms with Crippen LogP contribution in [0.2, 0.25) is 0 Å². The minimum atomic E-state index is -1.46. The van der Waals surface area contributed by atoms with Gasteiger partial charge in [-0.05, 0) is 45.4 Å². The highest BCUT2D eigenvalue weighted by atomic mass is 16.5. The van der Waals surface area contributed by atoms with Crippen molar-refractivity contribution in [2.24, 2.45) is 16.8 Å². The van der Waals surface area contributed by atoms with E-state index < -0.39 is 35.3 Å². The van der Waals surface area contributed by atoms with Crippen LogP contribution in [0.15, 0.2) is 59.6 Å². The Labute approximate surface area is 189 Å². The number of rotatable bonds is 6. The first-order valence-electron chi connectivity index (χ1n) is 11.0. The van der Waals surface area contributed by atoms with Crippen LogP contribution in [0.25, 0.3) is 0 Å². The molecule has 1 saturated carbocycles. The number of hydrogen-bond donors (Lipinski definition) is 1. The van der Waals surface area contributed by atoms with Gasteiger partial charge in [-0.1, -0.05) is 48.0 Å². The predicted molar refractivity (Wildman–Crippen MR) is 123 cm³/mol. The van der Waals surface area contributed by atoms with Crippen molar-refractivity contribution in [1.82, 2.24) is 0 Å². The van der Waals surface area contributed by atoms with Crippen molar-refractivity contribution in [3.05, 3.63) is 65.7 Å². The van der Waals surface area contributed by atoms with Crippen molar-refractivity contribution in [1.29, 1.82) is 0 Å². The molecule has 0 aromatic heterocycles. The highest BCUT2D eigenvalue weighted by Gasteiger charge is 2.56. The molecule has 3 rings (SSSR count). The zero-order valence-corrected chi connectivity index (χ0v) is 19.1. The van der Waals surface area contributed by atoms with Crippen molar-refractivity contribution in [2.45, 2.75) is 45.6 Å². The van der Waals surface area contributed by atoms with Gasteiger partial charge in [0.2, 0.25) is 0 Å². The maximum atomic E-state index is 13.2. The Morgan fingerprint density at radius 3 is 2.19 bits per heavy atom. The Kier molecular flexibility index (Phi) is 7.46. The van der Waals surface area contributed by atoms with Crippen LogP contribution in [0.4, 0.5) is 5.69 Å². The van der Waals surface area contributed by atoms with Gasteiger partial charge in [-0.3, -0.25) is 14.6 Å². The lowest BCUT2D eigenvalue weighted by molar-refractivity contribution is -0.163. The third-order valence-corrected chi connectivity index (χ3v) is 5.86. The molecule has 0 spiro atoms. The number of carbonyl (C=O) groups excluding carboxylic acids is 2. The number of benzene rings is 2. The summed E-state index contributed by atoms with van der Waals surface area (Å²) in [7, 11) is 0. The van der Waals surface area contributed by atoms with Crippen LogP contribution < -0.4 is 0 Å². The van der Waals surface area contributed by atoms with Crippen LogP contribution >= 0.6 is 0 Å². The van der Waals surface area contributed by atoms with E-state index in [1.807, 2.05) is 61.5 Å². The number of ether oxygens (including phenoxy) is 2. The van der Waals surface area contributed by atoms with E-state index in [1.165, 1.54) is 0 Å². The Bertz CT molecular complexity index is 965. The van der Waals surface area contributed by atoms with E-state index in [0.29, 0.717) is 11.4 Å². The molecule has 1 N–H and O–H groups in total. The third kappa shape index (κ3) is 5.07. The first-order chi connectivity index (χ1) is 15.3. The normalized spacial score (nSPS) is 26.5. The molecule has 0 heterocycles. The SMILES string of the molecule is CCOC(=O)[C@@H]1C(=Nc2ccc(C)cc2)C[C@](C)(O)[C@@H](C(=O)OCC)[C@@H]1c1ccccc1. The molecule has 1 aliphatic carbocycles. The van der Waals surface area contributed by atoms with E-state index in [-0.39, 0.29) is 19.6 Å². The van der Waals surface area contributed by atoms with Gasteiger partial charge in [0, 0.05) is 18.1 Å². The molecule has 0 radical (unpaired) electrons. The molecule has 6 heteroatoms. The summed E-state index contributed by atoms with van der Waals surface area (Å²) in [6.45, 7) is 7.44. The lowest BCUT2D eigenvalue weighted by Gasteiger charge is -2.45. The fourth-order valence-electron chi connectivity index (χ4n) is 4.47. The van der Waals surface area contributed by atoms with Crippen LogP contribution in [-0.2, 0) is 19.1 Å². The minimum absolute atomic E-state index is 0.0527. The Hall–Kier alpha value is -2.99. The average molecular weight is 438 g/mol. The standard InChI is InChI=1S/C26H31NO5/c1-5-31-24(28)22-20(27-19-14-12-17(3)13-15-19)16-26(4,30)23(25(29)32-6-2)21(22)18-10-8-7-9-11-18/h7-15,21-23,30H,5-6,16H2,1-4H3/t21-,22-,23-,26+/m1/s1. The average Bonchev–Trinajstić information content (AvgIpc) is 2.75. The molecule has 1 aliphatic rings.